The molecule has 3 aromatic rings. The first kappa shape index (κ1) is 26.6. The molecule has 0 radical (unpaired) electrons. The Hall–Kier alpha value is -2.44. The van der Waals surface area contributed by atoms with E-state index < -0.39 is 12.0 Å². The number of halogens is 2. The minimum atomic E-state index is -0.697. The largest absolute Gasteiger partial charge is 0.506 e. The Bertz CT molecular complexity index is 1520. The van der Waals surface area contributed by atoms with Gasteiger partial charge in [-0.25, -0.2) is 9.79 Å². The molecule has 1 aliphatic rings. The van der Waals surface area contributed by atoms with Crippen molar-refractivity contribution in [2.75, 3.05) is 6.61 Å². The van der Waals surface area contributed by atoms with E-state index >= 15 is 0 Å². The number of nitrogens with zero attached hydrogens (tertiary/aromatic N) is 2. The number of phenols is 1. The lowest BCUT2D eigenvalue weighted by atomic mass is 9.96. The minimum Gasteiger partial charge on any atom is -0.506 e. The number of phenolic OH excluding ortho intramolecular Hbond substituents is 1. The second kappa shape index (κ2) is 10.9. The van der Waals surface area contributed by atoms with E-state index in [9.17, 15) is 14.7 Å². The number of aromatic hydroxyl groups is 1. The van der Waals surface area contributed by atoms with E-state index in [1.165, 1.54) is 11.3 Å². The van der Waals surface area contributed by atoms with Crippen LogP contribution in [0, 0.1) is 3.57 Å². The Balaban J connectivity index is 1.92. The van der Waals surface area contributed by atoms with Crippen molar-refractivity contribution >= 4 is 61.9 Å². The SMILES string of the molecule is CCOc1ccc([C@@H]2C(C(=O)OC(C)C)=C(C)N=c3s/c(=C/c4cc(Br)c(O)c(I)c4)c(=O)n32)cc1. The predicted octanol–water partition coefficient (Wildman–Crippen LogP) is 4.66. The van der Waals surface area contributed by atoms with E-state index in [0.717, 1.165) is 11.1 Å². The van der Waals surface area contributed by atoms with Gasteiger partial charge in [0.25, 0.3) is 5.56 Å². The van der Waals surface area contributed by atoms with Gasteiger partial charge >= 0.3 is 5.97 Å². The Labute approximate surface area is 234 Å². The van der Waals surface area contributed by atoms with Crippen LogP contribution in [-0.4, -0.2) is 28.4 Å². The molecule has 36 heavy (non-hydrogen) atoms. The molecule has 0 unspecified atom stereocenters. The fourth-order valence-electron chi connectivity index (χ4n) is 3.91. The zero-order chi connectivity index (χ0) is 26.1. The van der Waals surface area contributed by atoms with Gasteiger partial charge in [-0.1, -0.05) is 23.5 Å². The van der Waals surface area contributed by atoms with Crippen LogP contribution in [0.25, 0.3) is 6.08 Å². The number of carbonyl (C=O) groups is 1. The zero-order valence-corrected chi connectivity index (χ0v) is 24.6. The lowest BCUT2D eigenvalue weighted by molar-refractivity contribution is -0.143. The van der Waals surface area contributed by atoms with Crippen LogP contribution >= 0.6 is 49.9 Å². The van der Waals surface area contributed by atoms with Gasteiger partial charge < -0.3 is 14.6 Å². The van der Waals surface area contributed by atoms with Gasteiger partial charge in [0, 0.05) is 0 Å². The molecule has 1 aliphatic heterocycles. The number of hydrogen-bond donors (Lipinski definition) is 1. The zero-order valence-electron chi connectivity index (χ0n) is 20.0. The summed E-state index contributed by atoms with van der Waals surface area (Å²) in [5, 5.41) is 10.1. The number of rotatable bonds is 6. The highest BCUT2D eigenvalue weighted by Crippen LogP contribution is 2.33. The van der Waals surface area contributed by atoms with Crippen molar-refractivity contribution in [3.8, 4) is 11.5 Å². The van der Waals surface area contributed by atoms with Gasteiger partial charge in [0.1, 0.15) is 11.5 Å². The first-order valence-electron chi connectivity index (χ1n) is 11.2. The summed E-state index contributed by atoms with van der Waals surface area (Å²) in [5.74, 6) is 0.346. The molecule has 0 bridgehead atoms. The van der Waals surface area contributed by atoms with Crippen molar-refractivity contribution in [2.45, 2.75) is 39.8 Å². The minimum absolute atomic E-state index is 0.147. The summed E-state index contributed by atoms with van der Waals surface area (Å²) >= 11 is 6.64. The van der Waals surface area contributed by atoms with Gasteiger partial charge in [-0.2, -0.15) is 0 Å². The number of allylic oxidation sites excluding steroid dienone is 1. The van der Waals surface area contributed by atoms with Gasteiger partial charge in [-0.05, 0) is 108 Å². The van der Waals surface area contributed by atoms with Gasteiger partial charge in [-0.15, -0.1) is 0 Å². The first-order chi connectivity index (χ1) is 17.1. The fraction of sp³-hybridized carbons (Fsp3) is 0.269. The third kappa shape index (κ3) is 5.30. The lowest BCUT2D eigenvalue weighted by Gasteiger charge is -2.25. The van der Waals surface area contributed by atoms with Crippen molar-refractivity contribution in [3.63, 3.8) is 0 Å². The van der Waals surface area contributed by atoms with E-state index in [1.807, 2.05) is 53.8 Å². The highest BCUT2D eigenvalue weighted by molar-refractivity contribution is 14.1. The molecular weight excluding hydrogens is 659 g/mol. The Morgan fingerprint density at radius 3 is 2.61 bits per heavy atom. The molecule has 4 rings (SSSR count). The average Bonchev–Trinajstić information content (AvgIpc) is 3.11. The highest BCUT2D eigenvalue weighted by Gasteiger charge is 2.33. The number of carbonyl (C=O) groups excluding carboxylic acids is 1. The predicted molar refractivity (Wildman–Crippen MR) is 151 cm³/mol. The summed E-state index contributed by atoms with van der Waals surface area (Å²) in [5.41, 5.74) is 2.07. The number of thiazole rings is 1. The van der Waals surface area contributed by atoms with Crippen molar-refractivity contribution in [2.24, 2.45) is 4.99 Å². The summed E-state index contributed by atoms with van der Waals surface area (Å²) < 4.78 is 14.3. The van der Waals surface area contributed by atoms with Crippen LogP contribution in [0.5, 0.6) is 11.5 Å². The van der Waals surface area contributed by atoms with Crippen LogP contribution < -0.4 is 19.6 Å². The smallest absolute Gasteiger partial charge is 0.338 e. The second-order valence-electron chi connectivity index (χ2n) is 8.37. The van der Waals surface area contributed by atoms with E-state index in [4.69, 9.17) is 9.47 Å². The third-order valence-corrected chi connectivity index (χ3v) is 7.84. The molecule has 10 heteroatoms. The van der Waals surface area contributed by atoms with Crippen molar-refractivity contribution in [1.29, 1.82) is 0 Å². The van der Waals surface area contributed by atoms with Crippen LogP contribution in [0.15, 0.2) is 61.9 Å². The summed E-state index contributed by atoms with van der Waals surface area (Å²) in [4.78, 5) is 32.0. The normalized spacial score (nSPS) is 15.6. The molecule has 0 spiro atoms. The van der Waals surface area contributed by atoms with Gasteiger partial charge in [0.15, 0.2) is 4.80 Å². The van der Waals surface area contributed by atoms with Gasteiger partial charge in [0.05, 0.1) is 42.6 Å². The van der Waals surface area contributed by atoms with Crippen LogP contribution in [0.3, 0.4) is 0 Å². The molecule has 0 aliphatic carbocycles. The number of benzene rings is 2. The van der Waals surface area contributed by atoms with E-state index in [-0.39, 0.29) is 17.4 Å². The maximum atomic E-state index is 13.7. The lowest BCUT2D eigenvalue weighted by Crippen LogP contribution is -2.40. The fourth-order valence-corrected chi connectivity index (χ4v) is 6.45. The molecule has 0 saturated carbocycles. The molecule has 0 saturated heterocycles. The molecule has 0 amide bonds. The monoisotopic (exact) mass is 682 g/mol. The summed E-state index contributed by atoms with van der Waals surface area (Å²) in [7, 11) is 0. The Kier molecular flexibility index (Phi) is 8.06. The maximum absolute atomic E-state index is 13.7. The maximum Gasteiger partial charge on any atom is 0.338 e. The van der Waals surface area contributed by atoms with Crippen molar-refractivity contribution in [1.82, 2.24) is 4.57 Å². The number of fused-ring (bicyclic) bond motifs is 1. The number of esters is 1. The molecule has 2 heterocycles. The van der Waals surface area contributed by atoms with Crippen LogP contribution in [0.1, 0.15) is 44.9 Å². The Morgan fingerprint density at radius 2 is 2.00 bits per heavy atom. The molecule has 0 fully saturated rings. The molecule has 1 N–H and O–H groups in total. The molecule has 2 aromatic carbocycles. The first-order valence-corrected chi connectivity index (χ1v) is 13.9. The van der Waals surface area contributed by atoms with Crippen LogP contribution in [0.4, 0.5) is 0 Å². The van der Waals surface area contributed by atoms with E-state index in [0.29, 0.717) is 41.0 Å². The molecular formula is C26H24BrIN2O5S. The van der Waals surface area contributed by atoms with Crippen LogP contribution in [0.2, 0.25) is 0 Å². The average molecular weight is 683 g/mol. The standard InChI is InChI=1S/C26H24BrIN2O5S/c1-5-34-17-8-6-16(7-9-17)22-21(25(33)35-13(2)3)14(4)29-26-30(22)24(32)20(36-26)12-15-10-18(27)23(31)19(28)11-15/h6-13,22,31H,5H2,1-4H3/b20-12+/t22-/m1/s1. The highest BCUT2D eigenvalue weighted by atomic mass is 127. The molecule has 188 valence electrons. The Morgan fingerprint density at radius 1 is 1.31 bits per heavy atom. The summed E-state index contributed by atoms with van der Waals surface area (Å²) in [6.07, 6.45) is 1.44. The van der Waals surface area contributed by atoms with Crippen molar-refractivity contribution < 1.29 is 19.4 Å². The summed E-state index contributed by atoms with van der Waals surface area (Å²) in [6, 6.07) is 10.2. The topological polar surface area (TPSA) is 90.1 Å². The van der Waals surface area contributed by atoms with Gasteiger partial charge in [-0.3, -0.25) is 9.36 Å². The number of aromatic nitrogens is 1. The van der Waals surface area contributed by atoms with Crippen molar-refractivity contribution in [3.05, 3.63) is 86.5 Å². The van der Waals surface area contributed by atoms with Crippen LogP contribution in [-0.2, 0) is 9.53 Å². The van der Waals surface area contributed by atoms with E-state index in [2.05, 4.69) is 20.9 Å². The number of ether oxygens (including phenoxy) is 2. The quantitative estimate of drug-likeness (QED) is 0.302. The molecule has 7 nitrogen and oxygen atoms in total. The van der Waals surface area contributed by atoms with E-state index in [1.54, 1.807) is 43.5 Å². The molecule has 1 atom stereocenters. The van der Waals surface area contributed by atoms with Gasteiger partial charge in [0.2, 0.25) is 0 Å². The third-order valence-electron chi connectivity index (χ3n) is 5.43. The molecule has 1 aromatic heterocycles. The number of hydrogen-bond acceptors (Lipinski definition) is 7. The summed E-state index contributed by atoms with van der Waals surface area (Å²) in [6.45, 7) is 7.77. The second-order valence-corrected chi connectivity index (χ2v) is 11.4.